The van der Waals surface area contributed by atoms with Crippen molar-refractivity contribution in [1.82, 2.24) is 14.8 Å². The Labute approximate surface area is 157 Å². The number of hydrogen-bond acceptors (Lipinski definition) is 2. The van der Waals surface area contributed by atoms with Crippen molar-refractivity contribution < 1.29 is 4.74 Å². The van der Waals surface area contributed by atoms with Gasteiger partial charge in [0.05, 0.1) is 20.2 Å². The summed E-state index contributed by atoms with van der Waals surface area (Å²) < 4.78 is 7.40. The van der Waals surface area contributed by atoms with Gasteiger partial charge in [-0.05, 0) is 36.8 Å². The lowest BCUT2D eigenvalue weighted by atomic mass is 9.85. The number of aromatic nitrogens is 1. The normalized spacial score (nSPS) is 12.2. The summed E-state index contributed by atoms with van der Waals surface area (Å²) in [7, 11) is 5.84. The maximum absolute atomic E-state index is 5.26. The summed E-state index contributed by atoms with van der Waals surface area (Å²) in [5, 5.41) is 3.40. The number of aliphatic imine (C=N–C) groups is 1. The molecule has 0 amide bonds. The first-order valence-electron chi connectivity index (χ1n) is 9.11. The van der Waals surface area contributed by atoms with Crippen molar-refractivity contribution in [2.75, 3.05) is 27.2 Å². The van der Waals surface area contributed by atoms with E-state index in [1.54, 1.807) is 7.11 Å². The molecule has 0 bridgehead atoms. The molecule has 5 heteroatoms. The van der Waals surface area contributed by atoms with E-state index in [-0.39, 0.29) is 5.41 Å². The van der Waals surface area contributed by atoms with Gasteiger partial charge in [-0.3, -0.25) is 4.99 Å². The van der Waals surface area contributed by atoms with Crippen LogP contribution in [0.1, 0.15) is 32.0 Å². The number of nitrogens with zero attached hydrogens (tertiary/aromatic N) is 3. The van der Waals surface area contributed by atoms with E-state index >= 15 is 0 Å². The second kappa shape index (κ2) is 8.79. The predicted octanol–water partition coefficient (Wildman–Crippen LogP) is 3.41. The van der Waals surface area contributed by atoms with Crippen molar-refractivity contribution in [3.63, 3.8) is 0 Å². The van der Waals surface area contributed by atoms with E-state index in [9.17, 15) is 0 Å². The molecule has 5 nitrogen and oxygen atoms in total. The predicted molar refractivity (Wildman–Crippen MR) is 109 cm³/mol. The molecule has 0 saturated carbocycles. The third-order valence-electron chi connectivity index (χ3n) is 4.64. The zero-order valence-corrected chi connectivity index (χ0v) is 16.9. The molecule has 0 spiro atoms. The van der Waals surface area contributed by atoms with Gasteiger partial charge < -0.3 is 19.5 Å². The Bertz CT molecular complexity index is 716. The average molecular weight is 357 g/mol. The summed E-state index contributed by atoms with van der Waals surface area (Å²) in [5.74, 6) is 1.80. The summed E-state index contributed by atoms with van der Waals surface area (Å²) >= 11 is 0. The first-order valence-corrected chi connectivity index (χ1v) is 9.11. The molecule has 0 unspecified atom stereocenters. The lowest BCUT2D eigenvalue weighted by molar-refractivity contribution is 0.414. The summed E-state index contributed by atoms with van der Waals surface area (Å²) in [6.45, 7) is 8.91. The second-order valence-electron chi connectivity index (χ2n) is 7.25. The highest BCUT2D eigenvalue weighted by atomic mass is 16.5. The molecule has 2 aromatic rings. The van der Waals surface area contributed by atoms with Crippen LogP contribution in [0.15, 0.2) is 47.6 Å². The van der Waals surface area contributed by atoms with Crippen LogP contribution in [0.5, 0.6) is 5.75 Å². The van der Waals surface area contributed by atoms with Gasteiger partial charge in [0.25, 0.3) is 0 Å². The Hall–Kier alpha value is -2.43. The highest BCUT2D eigenvalue weighted by molar-refractivity contribution is 5.79. The third kappa shape index (κ3) is 5.04. The molecule has 0 fully saturated rings. The van der Waals surface area contributed by atoms with Gasteiger partial charge in [-0.1, -0.05) is 26.0 Å². The van der Waals surface area contributed by atoms with E-state index in [0.29, 0.717) is 6.54 Å². The molecule has 1 N–H and O–H groups in total. The number of hydrogen-bond donors (Lipinski definition) is 1. The van der Waals surface area contributed by atoms with Crippen molar-refractivity contribution in [2.45, 2.75) is 32.7 Å². The van der Waals surface area contributed by atoms with Crippen LogP contribution in [0.3, 0.4) is 0 Å². The Kier molecular flexibility index (Phi) is 6.72. The minimum atomic E-state index is -0.0568. The van der Waals surface area contributed by atoms with Gasteiger partial charge in [-0.2, -0.15) is 0 Å². The zero-order chi connectivity index (χ0) is 19.2. The highest BCUT2D eigenvalue weighted by Gasteiger charge is 2.21. The van der Waals surface area contributed by atoms with Crippen LogP contribution in [0, 0.1) is 0 Å². The smallest absolute Gasteiger partial charge is 0.194 e. The number of methoxy groups -OCH3 is 1. The van der Waals surface area contributed by atoms with E-state index in [1.807, 2.05) is 12.1 Å². The Morgan fingerprint density at radius 3 is 2.46 bits per heavy atom. The van der Waals surface area contributed by atoms with Crippen molar-refractivity contribution in [1.29, 1.82) is 0 Å². The standard InChI is InChI=1S/C21H32N4O/c1-7-22-20(25(5)15-18-9-8-14-24(18)4)23-16-21(2,3)17-10-12-19(26-6)13-11-17/h8-14H,7,15-16H2,1-6H3,(H,22,23). The van der Waals surface area contributed by atoms with Crippen LogP contribution in [0.25, 0.3) is 0 Å². The fourth-order valence-electron chi connectivity index (χ4n) is 2.85. The summed E-state index contributed by atoms with van der Waals surface area (Å²) in [6, 6.07) is 12.5. The van der Waals surface area contributed by atoms with Gasteiger partial charge in [0.15, 0.2) is 5.96 Å². The average Bonchev–Trinajstić information content (AvgIpc) is 3.03. The molecule has 0 aliphatic carbocycles. The summed E-state index contributed by atoms with van der Waals surface area (Å²) in [5.41, 5.74) is 2.45. The van der Waals surface area contributed by atoms with Crippen LogP contribution >= 0.6 is 0 Å². The van der Waals surface area contributed by atoms with Gasteiger partial charge in [0.2, 0.25) is 0 Å². The van der Waals surface area contributed by atoms with Crippen LogP contribution in [0.4, 0.5) is 0 Å². The van der Waals surface area contributed by atoms with Crippen molar-refractivity contribution in [3.8, 4) is 5.75 Å². The fourth-order valence-corrected chi connectivity index (χ4v) is 2.85. The first-order chi connectivity index (χ1) is 12.4. The topological polar surface area (TPSA) is 41.8 Å². The summed E-state index contributed by atoms with van der Waals surface area (Å²) in [6.07, 6.45) is 2.07. The monoisotopic (exact) mass is 356 g/mol. The van der Waals surface area contributed by atoms with Gasteiger partial charge in [-0.15, -0.1) is 0 Å². The van der Waals surface area contributed by atoms with Crippen LogP contribution in [-0.2, 0) is 19.0 Å². The number of guanidine groups is 1. The SMILES string of the molecule is CCNC(=NCC(C)(C)c1ccc(OC)cc1)N(C)Cc1cccn1C. The minimum Gasteiger partial charge on any atom is -0.497 e. The maximum Gasteiger partial charge on any atom is 0.194 e. The Morgan fingerprint density at radius 2 is 1.92 bits per heavy atom. The second-order valence-corrected chi connectivity index (χ2v) is 7.25. The number of nitrogens with one attached hydrogen (secondary N) is 1. The van der Waals surface area contributed by atoms with Gasteiger partial charge >= 0.3 is 0 Å². The zero-order valence-electron chi connectivity index (χ0n) is 16.9. The molecule has 142 valence electrons. The van der Waals surface area contributed by atoms with E-state index < -0.39 is 0 Å². The van der Waals surface area contributed by atoms with Gasteiger partial charge in [-0.25, -0.2) is 0 Å². The molecular weight excluding hydrogens is 324 g/mol. The highest BCUT2D eigenvalue weighted by Crippen LogP contribution is 2.25. The van der Waals surface area contributed by atoms with Gasteiger partial charge in [0, 0.05) is 37.9 Å². The Morgan fingerprint density at radius 1 is 1.23 bits per heavy atom. The van der Waals surface area contributed by atoms with E-state index in [0.717, 1.165) is 24.8 Å². The van der Waals surface area contributed by atoms with Crippen LogP contribution in [-0.4, -0.2) is 42.7 Å². The van der Waals surface area contributed by atoms with E-state index in [1.165, 1.54) is 11.3 Å². The molecule has 0 aliphatic heterocycles. The van der Waals surface area contributed by atoms with Crippen molar-refractivity contribution in [3.05, 3.63) is 53.9 Å². The molecule has 0 saturated heterocycles. The largest absolute Gasteiger partial charge is 0.497 e. The van der Waals surface area contributed by atoms with E-state index in [2.05, 4.69) is 80.1 Å². The third-order valence-corrected chi connectivity index (χ3v) is 4.64. The molecule has 2 rings (SSSR count). The summed E-state index contributed by atoms with van der Waals surface area (Å²) in [4.78, 5) is 7.07. The molecule has 0 radical (unpaired) electrons. The molecule has 0 atom stereocenters. The minimum absolute atomic E-state index is 0.0568. The molecule has 0 aliphatic rings. The Balaban J connectivity index is 2.12. The van der Waals surface area contributed by atoms with Gasteiger partial charge in [0.1, 0.15) is 5.75 Å². The van der Waals surface area contributed by atoms with Crippen LogP contribution < -0.4 is 10.1 Å². The quantitative estimate of drug-likeness (QED) is 0.611. The van der Waals surface area contributed by atoms with E-state index in [4.69, 9.17) is 9.73 Å². The molecule has 1 aromatic heterocycles. The number of ether oxygens (including phenoxy) is 1. The number of aryl methyl sites for hydroxylation is 1. The lowest BCUT2D eigenvalue weighted by Gasteiger charge is -2.27. The molecular formula is C21H32N4O. The molecule has 1 aromatic carbocycles. The first kappa shape index (κ1) is 19.9. The number of benzene rings is 1. The van der Waals surface area contributed by atoms with Crippen molar-refractivity contribution in [2.24, 2.45) is 12.0 Å². The maximum atomic E-state index is 5.26. The molecule has 26 heavy (non-hydrogen) atoms. The fraction of sp³-hybridized carbons (Fsp3) is 0.476. The molecule has 1 heterocycles. The van der Waals surface area contributed by atoms with Crippen molar-refractivity contribution >= 4 is 5.96 Å². The number of rotatable bonds is 7. The van der Waals surface area contributed by atoms with Crippen LogP contribution in [0.2, 0.25) is 0 Å². The lowest BCUT2D eigenvalue weighted by Crippen LogP contribution is -2.39.